The molecule has 3 N–H and O–H groups in total. The number of hydrogen-bond acceptors (Lipinski definition) is 6. The Labute approximate surface area is 174 Å². The second kappa shape index (κ2) is 7.67. The maximum absolute atomic E-state index is 6.32. The molecule has 1 fully saturated rings. The van der Waals surface area contributed by atoms with Gasteiger partial charge in [0.15, 0.2) is 5.65 Å². The highest BCUT2D eigenvalue weighted by molar-refractivity contribution is 5.99. The van der Waals surface area contributed by atoms with E-state index in [0.29, 0.717) is 23.5 Å². The number of benzene rings is 2. The lowest BCUT2D eigenvalue weighted by molar-refractivity contribution is 0.483. The van der Waals surface area contributed by atoms with Crippen LogP contribution in [-0.4, -0.2) is 25.8 Å². The number of aryl methyl sites for hydroxylation is 1. The number of anilines is 2. The van der Waals surface area contributed by atoms with Crippen LogP contribution in [0.2, 0.25) is 0 Å². The molecule has 2 aromatic heterocycles. The summed E-state index contributed by atoms with van der Waals surface area (Å²) in [4.78, 5) is 9.48. The topological polar surface area (TPSA) is 90.9 Å². The highest BCUT2D eigenvalue weighted by atomic mass is 16.5. The number of aromatic nitrogens is 4. The van der Waals surface area contributed by atoms with E-state index < -0.39 is 0 Å². The van der Waals surface area contributed by atoms with Gasteiger partial charge in [-0.3, -0.25) is 4.68 Å². The van der Waals surface area contributed by atoms with Crippen LogP contribution in [0.5, 0.6) is 11.5 Å². The first-order chi connectivity index (χ1) is 14.7. The van der Waals surface area contributed by atoms with Gasteiger partial charge in [-0.1, -0.05) is 43.2 Å². The Bertz CT molecular complexity index is 1180. The minimum atomic E-state index is 0.407. The summed E-state index contributed by atoms with van der Waals surface area (Å²) in [5, 5.41) is 8.73. The van der Waals surface area contributed by atoms with Gasteiger partial charge in [-0.2, -0.15) is 10.1 Å². The summed E-state index contributed by atoms with van der Waals surface area (Å²) in [5.74, 6) is 2.66. The van der Waals surface area contributed by atoms with Gasteiger partial charge in [0.2, 0.25) is 5.95 Å². The molecule has 30 heavy (non-hydrogen) atoms. The van der Waals surface area contributed by atoms with Crippen LogP contribution in [0.4, 0.5) is 11.8 Å². The number of fused-ring (bicyclic) bond motifs is 1. The lowest BCUT2D eigenvalue weighted by Crippen LogP contribution is -2.17. The van der Waals surface area contributed by atoms with Crippen molar-refractivity contribution >= 4 is 22.8 Å². The molecule has 152 valence electrons. The highest BCUT2D eigenvalue weighted by Gasteiger charge is 2.20. The Kier molecular flexibility index (Phi) is 4.71. The molecule has 0 atom stereocenters. The normalized spacial score (nSPS) is 14.3. The van der Waals surface area contributed by atoms with Crippen molar-refractivity contribution in [1.29, 1.82) is 0 Å². The van der Waals surface area contributed by atoms with Gasteiger partial charge in [0, 0.05) is 18.7 Å². The standard InChI is InChI=1S/C23H24N6O/c1-29-21(24)19-20(26-23(27-22(19)28-29)25-16-9-5-6-10-16)15-8-7-13-18(14-15)30-17-11-3-2-4-12-17/h2-4,7-8,11-14,16H,5-6,9-10,24H2,1H3,(H,25,27,28). The Balaban J connectivity index is 1.57. The van der Waals surface area contributed by atoms with Crippen LogP contribution in [0, 0.1) is 0 Å². The SMILES string of the molecule is Cn1nc2nc(NC3CCCC3)nc(-c3cccc(Oc4ccccc4)c3)c2c1N. The van der Waals surface area contributed by atoms with Gasteiger partial charge in [-0.25, -0.2) is 4.98 Å². The molecule has 0 aliphatic heterocycles. The Morgan fingerprint density at radius 2 is 1.77 bits per heavy atom. The van der Waals surface area contributed by atoms with Gasteiger partial charge in [0.25, 0.3) is 0 Å². The number of rotatable bonds is 5. The fraction of sp³-hybridized carbons (Fsp3) is 0.261. The average molecular weight is 400 g/mol. The Hall–Kier alpha value is -3.61. The van der Waals surface area contributed by atoms with Crippen LogP contribution >= 0.6 is 0 Å². The van der Waals surface area contributed by atoms with Crippen LogP contribution in [0.25, 0.3) is 22.3 Å². The van der Waals surface area contributed by atoms with E-state index in [1.165, 1.54) is 12.8 Å². The molecule has 1 saturated carbocycles. The van der Waals surface area contributed by atoms with Crippen molar-refractivity contribution in [2.75, 3.05) is 11.1 Å². The van der Waals surface area contributed by atoms with E-state index in [2.05, 4.69) is 15.4 Å². The zero-order valence-corrected chi connectivity index (χ0v) is 16.9. The van der Waals surface area contributed by atoms with Crippen molar-refractivity contribution in [1.82, 2.24) is 19.7 Å². The lowest BCUT2D eigenvalue weighted by Gasteiger charge is -2.13. The predicted molar refractivity (Wildman–Crippen MR) is 119 cm³/mol. The molecule has 1 aliphatic carbocycles. The average Bonchev–Trinajstić information content (AvgIpc) is 3.36. The van der Waals surface area contributed by atoms with Crippen LogP contribution in [0.1, 0.15) is 25.7 Å². The minimum absolute atomic E-state index is 0.407. The maximum Gasteiger partial charge on any atom is 0.225 e. The molecule has 0 amide bonds. The summed E-state index contributed by atoms with van der Waals surface area (Å²) >= 11 is 0. The Morgan fingerprint density at radius 1 is 1.00 bits per heavy atom. The first-order valence-electron chi connectivity index (χ1n) is 10.3. The van der Waals surface area contributed by atoms with E-state index in [9.17, 15) is 0 Å². The molecule has 4 aromatic rings. The van der Waals surface area contributed by atoms with E-state index in [4.69, 9.17) is 15.5 Å². The zero-order valence-electron chi connectivity index (χ0n) is 16.9. The van der Waals surface area contributed by atoms with E-state index >= 15 is 0 Å². The van der Waals surface area contributed by atoms with E-state index in [-0.39, 0.29) is 0 Å². The quantitative estimate of drug-likeness (QED) is 0.502. The van der Waals surface area contributed by atoms with Crippen LogP contribution in [-0.2, 0) is 7.05 Å². The number of hydrogen-bond donors (Lipinski definition) is 2. The number of ether oxygens (including phenoxy) is 1. The fourth-order valence-corrected chi connectivity index (χ4v) is 3.97. The van der Waals surface area contributed by atoms with Crippen molar-refractivity contribution < 1.29 is 4.74 Å². The summed E-state index contributed by atoms with van der Waals surface area (Å²) in [5.41, 5.74) is 8.57. The summed E-state index contributed by atoms with van der Waals surface area (Å²) in [7, 11) is 1.82. The second-order valence-electron chi connectivity index (χ2n) is 7.67. The maximum atomic E-state index is 6.32. The minimum Gasteiger partial charge on any atom is -0.457 e. The largest absolute Gasteiger partial charge is 0.457 e. The molecule has 7 heteroatoms. The molecular weight excluding hydrogens is 376 g/mol. The molecule has 0 saturated heterocycles. The fourth-order valence-electron chi connectivity index (χ4n) is 3.97. The van der Waals surface area contributed by atoms with E-state index in [0.717, 1.165) is 41.0 Å². The summed E-state index contributed by atoms with van der Waals surface area (Å²) < 4.78 is 7.66. The van der Waals surface area contributed by atoms with Gasteiger partial charge in [-0.15, -0.1) is 0 Å². The van der Waals surface area contributed by atoms with Crippen molar-refractivity contribution in [3.63, 3.8) is 0 Å². The third-order valence-corrected chi connectivity index (χ3v) is 5.51. The van der Waals surface area contributed by atoms with Crippen LogP contribution in [0.15, 0.2) is 54.6 Å². The van der Waals surface area contributed by atoms with Crippen LogP contribution < -0.4 is 15.8 Å². The van der Waals surface area contributed by atoms with E-state index in [1.807, 2.05) is 61.6 Å². The third kappa shape index (κ3) is 3.54. The molecule has 0 radical (unpaired) electrons. The molecular formula is C23H24N6O. The summed E-state index contributed by atoms with van der Waals surface area (Å²) in [6.07, 6.45) is 4.76. The number of para-hydroxylation sites is 1. The molecule has 5 rings (SSSR count). The van der Waals surface area contributed by atoms with Crippen molar-refractivity contribution in [3.05, 3.63) is 54.6 Å². The van der Waals surface area contributed by atoms with Gasteiger partial charge in [-0.05, 0) is 37.1 Å². The van der Waals surface area contributed by atoms with Crippen molar-refractivity contribution in [2.24, 2.45) is 7.05 Å². The molecule has 2 heterocycles. The summed E-state index contributed by atoms with van der Waals surface area (Å²) in [6.45, 7) is 0. The summed E-state index contributed by atoms with van der Waals surface area (Å²) in [6, 6.07) is 18.0. The Morgan fingerprint density at radius 3 is 2.57 bits per heavy atom. The highest BCUT2D eigenvalue weighted by Crippen LogP contribution is 2.34. The third-order valence-electron chi connectivity index (χ3n) is 5.51. The molecule has 2 aromatic carbocycles. The number of nitrogens with two attached hydrogens (primary N) is 1. The van der Waals surface area contributed by atoms with E-state index in [1.54, 1.807) is 4.68 Å². The second-order valence-corrected chi connectivity index (χ2v) is 7.67. The molecule has 0 spiro atoms. The van der Waals surface area contributed by atoms with Gasteiger partial charge < -0.3 is 15.8 Å². The van der Waals surface area contributed by atoms with Gasteiger partial charge >= 0.3 is 0 Å². The first kappa shape index (κ1) is 18.4. The number of nitrogens with zero attached hydrogens (tertiary/aromatic N) is 4. The molecule has 0 unspecified atom stereocenters. The zero-order chi connectivity index (χ0) is 20.5. The predicted octanol–water partition coefficient (Wildman–Crippen LogP) is 4.76. The molecule has 0 bridgehead atoms. The van der Waals surface area contributed by atoms with Gasteiger partial charge in [0.1, 0.15) is 17.3 Å². The molecule has 7 nitrogen and oxygen atoms in total. The lowest BCUT2D eigenvalue weighted by atomic mass is 10.1. The monoisotopic (exact) mass is 400 g/mol. The smallest absolute Gasteiger partial charge is 0.225 e. The number of nitrogen functional groups attached to an aromatic ring is 1. The van der Waals surface area contributed by atoms with Crippen molar-refractivity contribution in [3.8, 4) is 22.8 Å². The van der Waals surface area contributed by atoms with Gasteiger partial charge in [0.05, 0.1) is 11.1 Å². The number of nitrogens with one attached hydrogen (secondary N) is 1. The van der Waals surface area contributed by atoms with Crippen molar-refractivity contribution in [2.45, 2.75) is 31.7 Å². The first-order valence-corrected chi connectivity index (χ1v) is 10.3. The van der Waals surface area contributed by atoms with Crippen LogP contribution in [0.3, 0.4) is 0 Å². The molecule has 1 aliphatic rings.